The minimum atomic E-state index is -0.353. The Morgan fingerprint density at radius 1 is 1.22 bits per heavy atom. The number of imidazole rings is 1. The second-order valence-corrected chi connectivity index (χ2v) is 9.59. The average molecular weight is 500 g/mol. The molecule has 0 unspecified atom stereocenters. The van der Waals surface area contributed by atoms with Gasteiger partial charge in [-0.3, -0.25) is 14.2 Å². The average Bonchev–Trinajstić information content (AvgIpc) is 3.25. The molecule has 1 aliphatic heterocycles. The van der Waals surface area contributed by atoms with Crippen LogP contribution in [0.3, 0.4) is 0 Å². The number of aromatic nitrogens is 2. The third kappa shape index (κ3) is 5.83. The predicted molar refractivity (Wildman–Crippen MR) is 139 cm³/mol. The number of nitrogens with zero attached hydrogens (tertiary/aromatic N) is 4. The van der Waals surface area contributed by atoms with Crippen LogP contribution in [0.5, 0.6) is 0 Å². The quantitative estimate of drug-likeness (QED) is 0.523. The molecular formula is C29H30FN5O2. The van der Waals surface area contributed by atoms with Crippen molar-refractivity contribution in [2.75, 3.05) is 0 Å². The molecule has 1 aliphatic rings. The Labute approximate surface area is 216 Å². The SMILES string of the molecule is Cc1cccc(-n2cnc(C(=O)N[C@H]3CCC[C@@H](C)C(=O)N=C(CC#N)Cc4cccc3c4)c2C)c1F. The molecule has 8 heteroatoms. The van der Waals surface area contributed by atoms with Crippen molar-refractivity contribution in [1.82, 2.24) is 14.9 Å². The normalized spacial score (nSPS) is 18.2. The molecular weight excluding hydrogens is 469 g/mol. The molecule has 0 saturated carbocycles. The fourth-order valence-electron chi connectivity index (χ4n) is 4.65. The van der Waals surface area contributed by atoms with Crippen molar-refractivity contribution in [2.45, 2.75) is 58.9 Å². The Kier molecular flexibility index (Phi) is 7.92. The Balaban J connectivity index is 1.62. The van der Waals surface area contributed by atoms with Gasteiger partial charge in [-0.25, -0.2) is 14.4 Å². The molecule has 0 fully saturated rings. The first kappa shape index (κ1) is 26.0. The summed E-state index contributed by atoms with van der Waals surface area (Å²) in [6.45, 7) is 5.28. The first-order valence-electron chi connectivity index (χ1n) is 12.4. The molecule has 0 radical (unpaired) electrons. The van der Waals surface area contributed by atoms with Gasteiger partial charge in [0.15, 0.2) is 0 Å². The molecule has 2 aromatic carbocycles. The third-order valence-electron chi connectivity index (χ3n) is 6.82. The zero-order valence-corrected chi connectivity index (χ0v) is 21.3. The molecule has 1 N–H and O–H groups in total. The Hall–Kier alpha value is -4.12. The number of rotatable bonds is 4. The van der Waals surface area contributed by atoms with Crippen molar-refractivity contribution in [3.8, 4) is 11.8 Å². The van der Waals surface area contributed by atoms with Gasteiger partial charge in [-0.1, -0.05) is 49.7 Å². The van der Waals surface area contributed by atoms with Gasteiger partial charge in [0.2, 0.25) is 5.91 Å². The molecule has 7 nitrogen and oxygen atoms in total. The van der Waals surface area contributed by atoms with Crippen LogP contribution in [-0.4, -0.2) is 27.1 Å². The molecule has 37 heavy (non-hydrogen) atoms. The van der Waals surface area contributed by atoms with Crippen LogP contribution in [0.2, 0.25) is 0 Å². The van der Waals surface area contributed by atoms with E-state index in [2.05, 4.69) is 21.4 Å². The van der Waals surface area contributed by atoms with Gasteiger partial charge >= 0.3 is 0 Å². The lowest BCUT2D eigenvalue weighted by Crippen LogP contribution is -2.30. The van der Waals surface area contributed by atoms with E-state index < -0.39 is 0 Å². The van der Waals surface area contributed by atoms with Crippen LogP contribution < -0.4 is 5.32 Å². The molecule has 2 bridgehead atoms. The summed E-state index contributed by atoms with van der Waals surface area (Å²) in [4.78, 5) is 34.5. The monoisotopic (exact) mass is 499 g/mol. The maximum atomic E-state index is 14.7. The lowest BCUT2D eigenvalue weighted by molar-refractivity contribution is -0.121. The number of halogens is 1. The molecule has 0 spiro atoms. The lowest BCUT2D eigenvalue weighted by atomic mass is 9.93. The Morgan fingerprint density at radius 3 is 2.78 bits per heavy atom. The topological polar surface area (TPSA) is 100 Å². The molecule has 2 amide bonds. The summed E-state index contributed by atoms with van der Waals surface area (Å²) >= 11 is 0. The molecule has 4 rings (SSSR count). The summed E-state index contributed by atoms with van der Waals surface area (Å²) in [5.41, 5.74) is 4.03. The number of aliphatic imine (C=N–C) groups is 1. The number of hydrogen-bond acceptors (Lipinski definition) is 4. The van der Waals surface area contributed by atoms with Crippen molar-refractivity contribution in [3.63, 3.8) is 0 Å². The van der Waals surface area contributed by atoms with E-state index in [1.165, 1.54) is 6.33 Å². The Morgan fingerprint density at radius 2 is 2.00 bits per heavy atom. The maximum absolute atomic E-state index is 14.7. The minimum Gasteiger partial charge on any atom is -0.344 e. The van der Waals surface area contributed by atoms with Gasteiger partial charge in [0.1, 0.15) is 17.8 Å². The van der Waals surface area contributed by atoms with Gasteiger partial charge in [-0.2, -0.15) is 5.26 Å². The molecule has 3 aromatic rings. The number of amides is 2. The summed E-state index contributed by atoms with van der Waals surface area (Å²) in [7, 11) is 0. The van der Waals surface area contributed by atoms with E-state index in [0.29, 0.717) is 48.3 Å². The lowest BCUT2D eigenvalue weighted by Gasteiger charge is -2.21. The van der Waals surface area contributed by atoms with Gasteiger partial charge in [0.05, 0.1) is 29.9 Å². The number of carbonyl (C=O) groups is 2. The smallest absolute Gasteiger partial charge is 0.272 e. The van der Waals surface area contributed by atoms with Gasteiger partial charge in [0.25, 0.3) is 5.91 Å². The number of carbonyl (C=O) groups excluding carboxylic acids is 2. The number of hydrogen-bond donors (Lipinski definition) is 1. The van der Waals surface area contributed by atoms with Crippen LogP contribution in [0, 0.1) is 36.9 Å². The van der Waals surface area contributed by atoms with Crippen molar-refractivity contribution >= 4 is 17.5 Å². The van der Waals surface area contributed by atoms with Crippen LogP contribution >= 0.6 is 0 Å². The van der Waals surface area contributed by atoms with Crippen LogP contribution in [0.25, 0.3) is 5.69 Å². The largest absolute Gasteiger partial charge is 0.344 e. The standard InChI is InChI=1S/C29H30FN5O2/c1-18-7-5-12-25(26(18)30)35-17-32-27(20(35)3)29(37)34-24-11-4-8-19(2)28(36)33-23(13-14-31)16-21-9-6-10-22(24)15-21/h5-7,9-10,12,15,17,19,24H,4,8,11,13,16H2,1-3H3,(H,34,37)/t19-,24+/m1/s1. The van der Waals surface area contributed by atoms with E-state index in [4.69, 9.17) is 0 Å². The van der Waals surface area contributed by atoms with Gasteiger partial charge in [-0.05, 0) is 49.4 Å². The summed E-state index contributed by atoms with van der Waals surface area (Å²) in [5.74, 6) is -1.19. The molecule has 0 saturated heterocycles. The number of benzene rings is 2. The van der Waals surface area contributed by atoms with E-state index in [-0.39, 0.29) is 41.7 Å². The molecule has 190 valence electrons. The van der Waals surface area contributed by atoms with Gasteiger partial charge in [0, 0.05) is 18.1 Å². The van der Waals surface area contributed by atoms with E-state index in [1.807, 2.05) is 31.2 Å². The molecule has 1 aromatic heterocycles. The number of fused-ring (bicyclic) bond motifs is 2. The highest BCUT2D eigenvalue weighted by molar-refractivity contribution is 5.98. The zero-order chi connectivity index (χ0) is 26.5. The van der Waals surface area contributed by atoms with Gasteiger partial charge in [-0.15, -0.1) is 0 Å². The van der Waals surface area contributed by atoms with E-state index in [0.717, 1.165) is 11.1 Å². The first-order chi connectivity index (χ1) is 17.8. The van der Waals surface area contributed by atoms with Crippen molar-refractivity contribution < 1.29 is 14.0 Å². The molecule has 2 atom stereocenters. The minimum absolute atomic E-state index is 0.0896. The number of aryl methyl sites for hydroxylation is 1. The van der Waals surface area contributed by atoms with E-state index in [9.17, 15) is 19.2 Å². The van der Waals surface area contributed by atoms with Crippen molar-refractivity contribution in [3.05, 3.63) is 82.7 Å². The zero-order valence-electron chi connectivity index (χ0n) is 21.3. The van der Waals surface area contributed by atoms with E-state index >= 15 is 0 Å². The highest BCUT2D eigenvalue weighted by Gasteiger charge is 2.23. The third-order valence-corrected chi connectivity index (χ3v) is 6.82. The van der Waals surface area contributed by atoms with Crippen molar-refractivity contribution in [1.29, 1.82) is 5.26 Å². The fourth-order valence-corrected chi connectivity index (χ4v) is 4.65. The number of nitrogens with one attached hydrogen (secondary N) is 1. The highest BCUT2D eigenvalue weighted by Crippen LogP contribution is 2.25. The summed E-state index contributed by atoms with van der Waals surface area (Å²) < 4.78 is 16.3. The van der Waals surface area contributed by atoms with E-state index in [1.54, 1.807) is 36.6 Å². The molecule has 0 aliphatic carbocycles. The van der Waals surface area contributed by atoms with Crippen LogP contribution in [0.4, 0.5) is 4.39 Å². The summed E-state index contributed by atoms with van der Waals surface area (Å²) in [6.07, 6.45) is 3.90. The summed E-state index contributed by atoms with van der Waals surface area (Å²) in [6, 6.07) is 14.7. The van der Waals surface area contributed by atoms with Crippen LogP contribution in [-0.2, 0) is 11.2 Å². The predicted octanol–water partition coefficient (Wildman–Crippen LogP) is 5.34. The van der Waals surface area contributed by atoms with Crippen molar-refractivity contribution in [2.24, 2.45) is 10.9 Å². The second-order valence-electron chi connectivity index (χ2n) is 9.59. The Bertz CT molecular complexity index is 1400. The highest BCUT2D eigenvalue weighted by atomic mass is 19.1. The fraction of sp³-hybridized carbons (Fsp3) is 0.345. The molecule has 2 heterocycles. The van der Waals surface area contributed by atoms with Crippen LogP contribution in [0.1, 0.15) is 71.5 Å². The second kappa shape index (κ2) is 11.3. The first-order valence-corrected chi connectivity index (χ1v) is 12.4. The number of nitriles is 1. The summed E-state index contributed by atoms with van der Waals surface area (Å²) in [5, 5.41) is 12.3. The maximum Gasteiger partial charge on any atom is 0.272 e. The van der Waals surface area contributed by atoms with Crippen LogP contribution in [0.15, 0.2) is 53.8 Å². The van der Waals surface area contributed by atoms with Gasteiger partial charge < -0.3 is 5.32 Å².